The van der Waals surface area contributed by atoms with E-state index in [4.69, 9.17) is 13.1 Å². The van der Waals surface area contributed by atoms with Gasteiger partial charge in [-0.2, -0.15) is 0 Å². The van der Waals surface area contributed by atoms with Gasteiger partial charge in [-0.15, -0.1) is 0 Å². The van der Waals surface area contributed by atoms with E-state index in [2.05, 4.69) is 0 Å². The number of nitrogens with zero attached hydrogens (tertiary/aromatic N) is 2. The third kappa shape index (κ3) is 7.38. The van der Waals surface area contributed by atoms with Crippen LogP contribution in [0, 0.1) is 20.2 Å². The molecule has 0 aliphatic carbocycles. The molecule has 0 saturated heterocycles. The van der Waals surface area contributed by atoms with Crippen molar-refractivity contribution in [2.45, 2.75) is 23.6 Å². The van der Waals surface area contributed by atoms with Gasteiger partial charge >= 0.3 is 11.9 Å². The number of rotatable bonds is 12. The first-order chi connectivity index (χ1) is 20.7. The summed E-state index contributed by atoms with van der Waals surface area (Å²) in [5.41, 5.74) is 1.62. The minimum Gasteiger partial charge on any atom is -0.462 e. The van der Waals surface area contributed by atoms with Gasteiger partial charge < -0.3 is 9.47 Å². The molecule has 4 aromatic rings. The fraction of sp³-hybridized carbons (Fsp3) is 0.133. The van der Waals surface area contributed by atoms with Crippen molar-refractivity contribution in [3.8, 4) is 22.3 Å². The second kappa shape index (κ2) is 14.4. The summed E-state index contributed by atoms with van der Waals surface area (Å²) in [6.45, 7) is 3.55. The largest absolute Gasteiger partial charge is 0.462 e. The molecular formula is C30H24N2O9S2. The molecule has 0 heterocycles. The van der Waals surface area contributed by atoms with Gasteiger partial charge in [0.25, 0.3) is 11.4 Å². The molecule has 0 aliphatic rings. The van der Waals surface area contributed by atoms with Crippen molar-refractivity contribution < 1.29 is 32.5 Å². The Hall–Kier alpha value is -4.72. The number of ether oxygens (including phenoxy) is 2. The average molecular weight is 621 g/mol. The molecule has 4 aromatic carbocycles. The highest BCUT2D eigenvalue weighted by molar-refractivity contribution is 8.08. The van der Waals surface area contributed by atoms with Crippen LogP contribution in [0.15, 0.2) is 94.7 Å². The molecule has 43 heavy (non-hydrogen) atoms. The van der Waals surface area contributed by atoms with Gasteiger partial charge in [-0.05, 0) is 61.4 Å². The number of carbonyl (C=O) groups is 2. The van der Waals surface area contributed by atoms with Crippen LogP contribution in [0.2, 0.25) is 0 Å². The predicted molar refractivity (Wildman–Crippen MR) is 162 cm³/mol. The second-order valence-electron chi connectivity index (χ2n) is 8.65. The van der Waals surface area contributed by atoms with Crippen molar-refractivity contribution in [1.82, 2.24) is 0 Å². The molecule has 0 N–H and O–H groups in total. The van der Waals surface area contributed by atoms with E-state index in [0.29, 0.717) is 32.0 Å². The van der Waals surface area contributed by atoms with Gasteiger partial charge in [0.05, 0.1) is 55.1 Å². The van der Waals surface area contributed by atoms with E-state index in [1.54, 1.807) is 74.5 Å². The molecular weight excluding hydrogens is 596 g/mol. The monoisotopic (exact) mass is 620 g/mol. The first-order valence-electron chi connectivity index (χ1n) is 12.9. The Balaban J connectivity index is 1.63. The highest BCUT2D eigenvalue weighted by Gasteiger charge is 2.22. The average Bonchev–Trinajstić information content (AvgIpc) is 3.01. The Morgan fingerprint density at radius 1 is 0.651 bits per heavy atom. The number of nitro benzene ring substituents is 2. The molecule has 0 spiro atoms. The van der Waals surface area contributed by atoms with Gasteiger partial charge in [0, 0.05) is 36.2 Å². The van der Waals surface area contributed by atoms with Gasteiger partial charge in [-0.1, -0.05) is 36.4 Å². The van der Waals surface area contributed by atoms with E-state index >= 15 is 0 Å². The van der Waals surface area contributed by atoms with Crippen molar-refractivity contribution in [2.75, 3.05) is 13.2 Å². The van der Waals surface area contributed by atoms with E-state index in [-0.39, 0.29) is 35.7 Å². The molecule has 220 valence electrons. The second-order valence-corrected chi connectivity index (χ2v) is 10.4. The third-order valence-corrected chi connectivity index (χ3v) is 7.64. The van der Waals surface area contributed by atoms with E-state index in [1.165, 1.54) is 24.3 Å². The molecule has 11 nitrogen and oxygen atoms in total. The Morgan fingerprint density at radius 3 is 1.42 bits per heavy atom. The van der Waals surface area contributed by atoms with Gasteiger partial charge in [-0.25, -0.2) is 13.2 Å². The summed E-state index contributed by atoms with van der Waals surface area (Å²) in [4.78, 5) is 48.5. The summed E-state index contributed by atoms with van der Waals surface area (Å²) in [5.74, 6) is -1.28. The summed E-state index contributed by atoms with van der Waals surface area (Å²) in [7, 11) is 0. The Labute approximate surface area is 254 Å². The van der Waals surface area contributed by atoms with Crippen molar-refractivity contribution >= 4 is 47.4 Å². The van der Waals surface area contributed by atoms with Crippen LogP contribution in [0.25, 0.3) is 22.3 Å². The molecule has 4 rings (SSSR count). The molecule has 13 heteroatoms. The van der Waals surface area contributed by atoms with Crippen molar-refractivity contribution in [3.05, 3.63) is 116 Å². The normalized spacial score (nSPS) is 10.7. The Morgan fingerprint density at radius 2 is 1.05 bits per heavy atom. The summed E-state index contributed by atoms with van der Waals surface area (Å²) in [5, 5.41) is 23.1. The van der Waals surface area contributed by atoms with Crippen LogP contribution in [0.1, 0.15) is 34.6 Å². The molecule has 0 atom stereocenters. The Kier molecular flexibility index (Phi) is 10.5. The minimum absolute atomic E-state index is 0.111. The van der Waals surface area contributed by atoms with Crippen LogP contribution in [0.4, 0.5) is 11.4 Å². The lowest BCUT2D eigenvalue weighted by Crippen LogP contribution is -2.07. The third-order valence-electron chi connectivity index (χ3n) is 6.02. The lowest BCUT2D eigenvalue weighted by Gasteiger charge is -2.12. The summed E-state index contributed by atoms with van der Waals surface area (Å²) >= 11 is 1.68. The van der Waals surface area contributed by atoms with Crippen molar-refractivity contribution in [2.24, 2.45) is 0 Å². The van der Waals surface area contributed by atoms with E-state index in [1.807, 2.05) is 0 Å². The zero-order valence-corrected chi connectivity index (χ0v) is 24.5. The first-order valence-corrected chi connectivity index (χ1v) is 14.3. The zero-order valence-electron chi connectivity index (χ0n) is 22.9. The molecule has 0 bridgehead atoms. The van der Waals surface area contributed by atoms with Gasteiger partial charge in [-0.3, -0.25) is 20.2 Å². The first kappa shape index (κ1) is 31.2. The van der Waals surface area contributed by atoms with Crippen molar-refractivity contribution in [1.29, 1.82) is 0 Å². The molecule has 0 amide bonds. The van der Waals surface area contributed by atoms with E-state index in [0.717, 1.165) is 24.1 Å². The number of carbonyl (C=O) groups excluding carboxylic acids is 2. The maximum Gasteiger partial charge on any atom is 0.339 e. The van der Waals surface area contributed by atoms with Gasteiger partial charge in [0.2, 0.25) is 0 Å². The summed E-state index contributed by atoms with van der Waals surface area (Å²) < 4.78 is 16.2. The topological polar surface area (TPSA) is 148 Å². The number of benzene rings is 4. The standard InChI is InChI=1S/C30H24N2O9S2/c1-3-39-29(33)23-17-19(21-9-5-7-11-25(21)31(35)36)13-15-27(23)42-41-43-28-16-14-20(18-24(28)30(34)40-4-2)22-10-6-8-12-26(22)32(37)38/h5-18H,3-4H2,1-2H3. The zero-order chi connectivity index (χ0) is 30.9. The number of hydrogen-bond donors (Lipinski definition) is 0. The SMILES string of the molecule is CCOC(=O)c1cc(-c2ccccc2[N+](=O)[O-])ccc1SOSc1ccc(-c2ccccc2[N+](=O)[O-])cc1C(=O)OCC. The molecule has 0 saturated carbocycles. The van der Waals surface area contributed by atoms with E-state index < -0.39 is 21.8 Å². The molecule has 0 aromatic heterocycles. The fourth-order valence-electron chi connectivity index (χ4n) is 4.12. The summed E-state index contributed by atoms with van der Waals surface area (Å²) in [6.07, 6.45) is 0. The minimum atomic E-state index is -0.639. The molecule has 0 aliphatic heterocycles. The van der Waals surface area contributed by atoms with Crippen molar-refractivity contribution in [3.63, 3.8) is 0 Å². The van der Waals surface area contributed by atoms with Crippen LogP contribution in [0.3, 0.4) is 0 Å². The van der Waals surface area contributed by atoms with E-state index in [9.17, 15) is 29.8 Å². The van der Waals surface area contributed by atoms with Crippen LogP contribution >= 0.6 is 24.1 Å². The maximum atomic E-state index is 12.8. The number of hydrogen-bond acceptors (Lipinski definition) is 11. The number of esters is 2. The van der Waals surface area contributed by atoms with Crippen LogP contribution in [0.5, 0.6) is 0 Å². The predicted octanol–water partition coefficient (Wildman–Crippen LogP) is 7.92. The summed E-state index contributed by atoms with van der Waals surface area (Å²) in [6, 6.07) is 21.8. The number of para-hydroxylation sites is 2. The van der Waals surface area contributed by atoms with Crippen LogP contribution < -0.4 is 0 Å². The fourth-order valence-corrected chi connectivity index (χ4v) is 5.56. The van der Waals surface area contributed by atoms with Gasteiger partial charge in [0.15, 0.2) is 0 Å². The smallest absolute Gasteiger partial charge is 0.339 e. The molecule has 0 unspecified atom stereocenters. The van der Waals surface area contributed by atoms with Crippen LogP contribution in [-0.2, 0) is 13.1 Å². The highest BCUT2D eigenvalue weighted by Crippen LogP contribution is 2.39. The lowest BCUT2D eigenvalue weighted by molar-refractivity contribution is -0.384. The molecule has 0 fully saturated rings. The maximum absolute atomic E-state index is 12.8. The van der Waals surface area contributed by atoms with Crippen LogP contribution in [-0.4, -0.2) is 35.0 Å². The lowest BCUT2D eigenvalue weighted by atomic mass is 10.0. The van der Waals surface area contributed by atoms with Gasteiger partial charge in [0.1, 0.15) is 0 Å². The number of nitro groups is 2. The molecule has 0 radical (unpaired) electrons. The quantitative estimate of drug-likeness (QED) is 0.0658. The highest BCUT2D eigenvalue weighted by atomic mass is 32.2. The Bertz CT molecular complexity index is 1570.